The first-order valence-corrected chi connectivity index (χ1v) is 9.41. The van der Waals surface area contributed by atoms with Gasteiger partial charge in [0, 0.05) is 11.8 Å². The Bertz CT molecular complexity index is 874. The second-order valence-corrected chi connectivity index (χ2v) is 8.06. The van der Waals surface area contributed by atoms with Crippen molar-refractivity contribution in [2.75, 3.05) is 7.11 Å². The first-order chi connectivity index (χ1) is 13.2. The largest absolute Gasteiger partial charge is 0.508 e. The molecule has 2 saturated heterocycles. The van der Waals surface area contributed by atoms with Crippen LogP contribution in [0.25, 0.3) is 0 Å². The van der Waals surface area contributed by atoms with E-state index in [1.165, 1.54) is 12.1 Å². The average molecular weight is 410 g/mol. The number of carbonyl (C=O) groups excluding carboxylic acids is 3. The minimum absolute atomic E-state index is 0.00148. The molecule has 0 radical (unpaired) electrons. The summed E-state index contributed by atoms with van der Waals surface area (Å²) in [6.07, 6.45) is -1.16. The summed E-state index contributed by atoms with van der Waals surface area (Å²) in [6, 6.07) is 4.45. The monoisotopic (exact) mass is 409 g/mol. The number of fused-ring (bicyclic) bond motifs is 3. The summed E-state index contributed by atoms with van der Waals surface area (Å²) >= 11 is 6.22. The highest BCUT2D eigenvalue weighted by Crippen LogP contribution is 2.58. The number of aromatic hydroxyl groups is 1. The minimum Gasteiger partial charge on any atom is -0.508 e. The van der Waals surface area contributed by atoms with Crippen LogP contribution in [-0.2, 0) is 19.1 Å². The fourth-order valence-electron chi connectivity index (χ4n) is 4.89. The summed E-state index contributed by atoms with van der Waals surface area (Å²) in [5, 5.41) is 21.1. The molecule has 3 fully saturated rings. The summed E-state index contributed by atoms with van der Waals surface area (Å²) in [5.74, 6) is -5.58. The molecule has 1 aliphatic carbocycles. The number of hydrogen-bond acceptors (Lipinski definition) is 7. The number of ether oxygens (including phenoxy) is 2. The molecule has 3 aliphatic rings. The number of aliphatic hydroxyl groups is 1. The Morgan fingerprint density at radius 2 is 2.04 bits per heavy atom. The van der Waals surface area contributed by atoms with Crippen molar-refractivity contribution in [3.05, 3.63) is 28.8 Å². The number of imide groups is 3. The van der Waals surface area contributed by atoms with Crippen LogP contribution in [0, 0.1) is 23.7 Å². The van der Waals surface area contributed by atoms with Crippen LogP contribution in [0.1, 0.15) is 31.4 Å². The van der Waals surface area contributed by atoms with Crippen LogP contribution in [0.4, 0.5) is 4.79 Å². The predicted octanol–water partition coefficient (Wildman–Crippen LogP) is 2.22. The standard InChI is InChI=1S/C19H20ClNO7/c1-8-5-11-15(17(24)21(16(11)23)18(25)27-2)12-7-14(28-19(8,12)26)10-4-3-9(22)6-13(10)20/h3-4,6,8,11-12,14-15,22,26H,5,7H2,1-2H3/t8-,11-,12-,14-,15-,19+/m0/s1. The van der Waals surface area contributed by atoms with Gasteiger partial charge in [0.25, 0.3) is 0 Å². The van der Waals surface area contributed by atoms with Gasteiger partial charge in [0.1, 0.15) is 5.75 Å². The third kappa shape index (κ3) is 2.55. The van der Waals surface area contributed by atoms with Gasteiger partial charge in [-0.3, -0.25) is 9.59 Å². The molecule has 1 aromatic rings. The quantitative estimate of drug-likeness (QED) is 0.683. The summed E-state index contributed by atoms with van der Waals surface area (Å²) in [4.78, 5) is 38.0. The number of phenols is 1. The molecule has 0 aromatic heterocycles. The lowest BCUT2D eigenvalue weighted by molar-refractivity contribution is -0.265. The van der Waals surface area contributed by atoms with Gasteiger partial charge in [-0.1, -0.05) is 24.6 Å². The van der Waals surface area contributed by atoms with Gasteiger partial charge < -0.3 is 19.7 Å². The van der Waals surface area contributed by atoms with E-state index >= 15 is 0 Å². The molecule has 4 rings (SSSR count). The zero-order chi connectivity index (χ0) is 20.4. The van der Waals surface area contributed by atoms with Gasteiger partial charge in [0.2, 0.25) is 11.8 Å². The van der Waals surface area contributed by atoms with E-state index in [0.717, 1.165) is 7.11 Å². The van der Waals surface area contributed by atoms with E-state index < -0.39 is 53.5 Å². The van der Waals surface area contributed by atoms with E-state index in [0.29, 0.717) is 10.5 Å². The van der Waals surface area contributed by atoms with E-state index in [4.69, 9.17) is 16.3 Å². The predicted molar refractivity (Wildman–Crippen MR) is 95.0 cm³/mol. The van der Waals surface area contributed by atoms with E-state index in [1.54, 1.807) is 13.0 Å². The Hall–Kier alpha value is -2.16. The lowest BCUT2D eigenvalue weighted by Gasteiger charge is -2.43. The zero-order valence-electron chi connectivity index (χ0n) is 15.3. The average Bonchev–Trinajstić information content (AvgIpc) is 3.10. The molecule has 28 heavy (non-hydrogen) atoms. The molecule has 9 heteroatoms. The number of nitrogens with zero attached hydrogens (tertiary/aromatic N) is 1. The normalized spacial score (nSPS) is 37.0. The van der Waals surface area contributed by atoms with E-state index in [1.807, 2.05) is 0 Å². The maximum atomic E-state index is 12.9. The third-order valence-corrected chi connectivity index (χ3v) is 6.57. The molecular formula is C19H20ClNO7. The summed E-state index contributed by atoms with van der Waals surface area (Å²) in [7, 11) is 1.10. The molecule has 6 atom stereocenters. The summed E-state index contributed by atoms with van der Waals surface area (Å²) < 4.78 is 10.5. The van der Waals surface area contributed by atoms with Crippen LogP contribution >= 0.6 is 11.6 Å². The lowest BCUT2D eigenvalue weighted by Crippen LogP contribution is -2.52. The third-order valence-electron chi connectivity index (χ3n) is 6.24. The maximum absolute atomic E-state index is 12.9. The van der Waals surface area contributed by atoms with Gasteiger partial charge >= 0.3 is 6.09 Å². The molecule has 8 nitrogen and oxygen atoms in total. The number of amides is 3. The number of halogens is 1. The van der Waals surface area contributed by atoms with Crippen LogP contribution in [0.3, 0.4) is 0 Å². The van der Waals surface area contributed by atoms with E-state index in [2.05, 4.69) is 4.74 Å². The summed E-state index contributed by atoms with van der Waals surface area (Å²) in [6.45, 7) is 1.75. The molecule has 1 saturated carbocycles. The van der Waals surface area contributed by atoms with Crippen LogP contribution in [0.15, 0.2) is 18.2 Å². The van der Waals surface area contributed by atoms with Crippen LogP contribution in [0.2, 0.25) is 5.02 Å². The Morgan fingerprint density at radius 1 is 1.32 bits per heavy atom. The number of phenolic OH excluding ortho intramolecular Hbond substituents is 1. The van der Waals surface area contributed by atoms with E-state index in [9.17, 15) is 24.6 Å². The summed E-state index contributed by atoms with van der Waals surface area (Å²) in [5.41, 5.74) is 0.577. The molecule has 2 N–H and O–H groups in total. The first-order valence-electron chi connectivity index (χ1n) is 9.03. The molecule has 2 heterocycles. The van der Waals surface area contributed by atoms with Crippen molar-refractivity contribution >= 4 is 29.5 Å². The van der Waals surface area contributed by atoms with Crippen molar-refractivity contribution in [3.63, 3.8) is 0 Å². The van der Waals surface area contributed by atoms with Gasteiger partial charge in [-0.05, 0) is 30.5 Å². The molecule has 0 unspecified atom stereocenters. The zero-order valence-corrected chi connectivity index (χ0v) is 16.0. The molecule has 1 aromatic carbocycles. The fourth-order valence-corrected chi connectivity index (χ4v) is 5.18. The molecule has 0 spiro atoms. The van der Waals surface area contributed by atoms with Gasteiger partial charge in [-0.15, -0.1) is 0 Å². The maximum Gasteiger partial charge on any atom is 0.423 e. The Morgan fingerprint density at radius 3 is 2.68 bits per heavy atom. The second-order valence-electron chi connectivity index (χ2n) is 7.66. The number of likely N-dealkylation sites (tertiary alicyclic amines) is 1. The number of carbonyl (C=O) groups is 3. The SMILES string of the molecule is COC(=O)N1C(=O)[C@H]2[C@H](C[C@H](C)[C@@]3(O)O[C@H](c4ccc(O)cc4Cl)C[C@@H]23)C1=O. The Balaban J connectivity index is 1.70. The fraction of sp³-hybridized carbons (Fsp3) is 0.526. The minimum atomic E-state index is -1.63. The van der Waals surface area contributed by atoms with Crippen LogP contribution < -0.4 is 0 Å². The highest BCUT2D eigenvalue weighted by Gasteiger charge is 2.66. The van der Waals surface area contributed by atoms with Crippen LogP contribution in [0.5, 0.6) is 5.75 Å². The second kappa shape index (κ2) is 6.43. The molecule has 3 amide bonds. The molecule has 150 valence electrons. The topological polar surface area (TPSA) is 113 Å². The molecular weight excluding hydrogens is 390 g/mol. The van der Waals surface area contributed by atoms with Gasteiger partial charge in [0.05, 0.1) is 30.1 Å². The van der Waals surface area contributed by atoms with Crippen LogP contribution in [-0.4, -0.2) is 45.9 Å². The van der Waals surface area contributed by atoms with Crippen molar-refractivity contribution in [1.29, 1.82) is 0 Å². The van der Waals surface area contributed by atoms with Crippen molar-refractivity contribution in [2.24, 2.45) is 23.7 Å². The van der Waals surface area contributed by atoms with Crippen molar-refractivity contribution in [2.45, 2.75) is 31.7 Å². The number of hydrogen-bond donors (Lipinski definition) is 2. The molecule has 2 aliphatic heterocycles. The highest BCUT2D eigenvalue weighted by atomic mass is 35.5. The highest BCUT2D eigenvalue weighted by molar-refractivity contribution is 6.31. The van der Waals surface area contributed by atoms with Gasteiger partial charge in [0.15, 0.2) is 5.79 Å². The Labute approximate surface area is 166 Å². The van der Waals surface area contributed by atoms with Crippen molar-refractivity contribution in [3.8, 4) is 5.75 Å². The lowest BCUT2D eigenvalue weighted by atomic mass is 9.65. The van der Waals surface area contributed by atoms with Crippen molar-refractivity contribution in [1.82, 2.24) is 4.90 Å². The first kappa shape index (κ1) is 19.2. The Kier molecular flexibility index (Phi) is 4.41. The number of methoxy groups -OCH3 is 1. The smallest absolute Gasteiger partial charge is 0.423 e. The van der Waals surface area contributed by atoms with Crippen molar-refractivity contribution < 1.29 is 34.1 Å². The molecule has 0 bridgehead atoms. The van der Waals surface area contributed by atoms with Gasteiger partial charge in [-0.25, -0.2) is 4.79 Å². The van der Waals surface area contributed by atoms with E-state index in [-0.39, 0.29) is 23.6 Å². The number of rotatable bonds is 1. The van der Waals surface area contributed by atoms with Gasteiger partial charge in [-0.2, -0.15) is 4.90 Å². The number of benzene rings is 1.